The molecule has 1 aliphatic heterocycles. The number of aromatic amines is 3. The lowest BCUT2D eigenvalue weighted by Gasteiger charge is -2.26. The molecule has 0 bridgehead atoms. The van der Waals surface area contributed by atoms with Gasteiger partial charge in [-0.25, -0.2) is 4.98 Å². The van der Waals surface area contributed by atoms with E-state index < -0.39 is 53.7 Å². The summed E-state index contributed by atoms with van der Waals surface area (Å²) in [7, 11) is 0. The number of nitrogens with one attached hydrogen (secondary N) is 5. The molecular weight excluding hydrogens is 753 g/mol. The second-order valence-electron chi connectivity index (χ2n) is 15.6. The predicted molar refractivity (Wildman–Crippen MR) is 222 cm³/mol. The Morgan fingerprint density at radius 2 is 1.46 bits per heavy atom. The highest BCUT2D eigenvalue weighted by molar-refractivity contribution is 5.96. The Morgan fingerprint density at radius 3 is 2.05 bits per heavy atom. The maximum absolute atomic E-state index is 14.1. The van der Waals surface area contributed by atoms with Gasteiger partial charge in [-0.2, -0.15) is 0 Å². The summed E-state index contributed by atoms with van der Waals surface area (Å²) in [5.74, 6) is -4.25. The summed E-state index contributed by atoms with van der Waals surface area (Å²) < 4.78 is 0. The molecule has 6 rings (SSSR count). The first-order chi connectivity index (χ1) is 28.4. The molecule has 0 saturated carbocycles. The zero-order valence-corrected chi connectivity index (χ0v) is 33.2. The molecule has 1 fully saturated rings. The number of benzene rings is 2. The first-order valence-electron chi connectivity index (χ1n) is 20.2. The van der Waals surface area contributed by atoms with Crippen molar-refractivity contribution < 1.29 is 28.8 Å². The largest absolute Gasteiger partial charge is 0.368 e. The summed E-state index contributed by atoms with van der Waals surface area (Å²) >= 11 is 0. The molecule has 5 aromatic rings. The number of carbonyl (C=O) groups is 6. The molecule has 6 atom stereocenters. The van der Waals surface area contributed by atoms with Crippen LogP contribution in [-0.4, -0.2) is 97.3 Å². The molecule has 1 aliphatic rings. The third-order valence-corrected chi connectivity index (χ3v) is 11.3. The average molecular weight is 807 g/mol. The van der Waals surface area contributed by atoms with Crippen molar-refractivity contribution in [1.29, 1.82) is 0 Å². The number of likely N-dealkylation sites (tertiary alicyclic amines) is 1. The van der Waals surface area contributed by atoms with Crippen LogP contribution < -0.4 is 27.8 Å². The van der Waals surface area contributed by atoms with Gasteiger partial charge >= 0.3 is 0 Å². The first kappa shape index (κ1) is 42.5. The zero-order valence-electron chi connectivity index (χ0n) is 33.2. The minimum atomic E-state index is -1.01. The number of unbranched alkanes of at least 4 members (excludes halogenated alkanes) is 1. The van der Waals surface area contributed by atoms with E-state index in [0.717, 1.165) is 32.9 Å². The van der Waals surface area contributed by atoms with Crippen molar-refractivity contribution >= 4 is 57.0 Å². The highest BCUT2D eigenvalue weighted by Gasteiger charge is 2.38. The Bertz CT molecular complexity index is 2260. The van der Waals surface area contributed by atoms with Gasteiger partial charge in [0.05, 0.1) is 24.5 Å². The van der Waals surface area contributed by atoms with Crippen LogP contribution in [0.5, 0.6) is 0 Å². The van der Waals surface area contributed by atoms with Crippen LogP contribution in [-0.2, 0) is 48.0 Å². The maximum atomic E-state index is 14.1. The van der Waals surface area contributed by atoms with Crippen LogP contribution in [0.3, 0.4) is 0 Å². The van der Waals surface area contributed by atoms with Gasteiger partial charge in [0.25, 0.3) is 0 Å². The molecule has 1 saturated heterocycles. The SMILES string of the molecule is C[C@H](NC(=O)[C@H](CC(=O)[C@@H](N)Cc1cnc[nH]1)Cc1c[nH]c2ccccc12)C(=O)C[C@@H](Cc1c[nH]c2ccccc12)C(=O)N[C@H]1CC(=O)N([C@@H](CCCCN)C(N)=O)C1. The van der Waals surface area contributed by atoms with Gasteiger partial charge in [0.15, 0.2) is 11.6 Å². The van der Waals surface area contributed by atoms with E-state index in [1.54, 1.807) is 13.1 Å². The monoisotopic (exact) mass is 806 g/mol. The lowest BCUT2D eigenvalue weighted by atomic mass is 9.89. The molecular formula is C43H54N10O6. The molecule has 0 unspecified atom stereocenters. The van der Waals surface area contributed by atoms with Crippen LogP contribution in [0.25, 0.3) is 21.8 Å². The maximum Gasteiger partial charge on any atom is 0.240 e. The van der Waals surface area contributed by atoms with Crippen LogP contribution in [0.2, 0.25) is 0 Å². The smallest absolute Gasteiger partial charge is 0.240 e. The minimum Gasteiger partial charge on any atom is -0.368 e. The summed E-state index contributed by atoms with van der Waals surface area (Å²) in [4.78, 5) is 95.9. The molecule has 0 spiro atoms. The van der Waals surface area contributed by atoms with E-state index in [9.17, 15) is 28.8 Å². The van der Waals surface area contributed by atoms with E-state index in [4.69, 9.17) is 17.2 Å². The highest BCUT2D eigenvalue weighted by atomic mass is 16.2. The van der Waals surface area contributed by atoms with Crippen molar-refractivity contribution in [3.05, 3.63) is 90.3 Å². The molecule has 16 nitrogen and oxygen atoms in total. The predicted octanol–water partition coefficient (Wildman–Crippen LogP) is 2.08. The van der Waals surface area contributed by atoms with Gasteiger partial charge < -0.3 is 47.7 Å². The lowest BCUT2D eigenvalue weighted by Crippen LogP contribution is -2.48. The van der Waals surface area contributed by atoms with Crippen LogP contribution in [0, 0.1) is 11.8 Å². The molecule has 3 aromatic heterocycles. The van der Waals surface area contributed by atoms with Crippen LogP contribution in [0.4, 0.5) is 0 Å². The van der Waals surface area contributed by atoms with Crippen molar-refractivity contribution in [3.63, 3.8) is 0 Å². The first-order valence-corrected chi connectivity index (χ1v) is 20.2. The molecule has 0 radical (unpaired) electrons. The number of nitrogens with zero attached hydrogens (tertiary/aromatic N) is 2. The van der Waals surface area contributed by atoms with Crippen molar-refractivity contribution in [3.8, 4) is 0 Å². The van der Waals surface area contributed by atoms with Crippen molar-refractivity contribution in [2.24, 2.45) is 29.0 Å². The highest BCUT2D eigenvalue weighted by Crippen LogP contribution is 2.26. The van der Waals surface area contributed by atoms with Crippen LogP contribution in [0.15, 0.2) is 73.4 Å². The number of aromatic nitrogens is 4. The van der Waals surface area contributed by atoms with E-state index in [2.05, 4.69) is 30.6 Å². The van der Waals surface area contributed by atoms with Crippen molar-refractivity contribution in [2.75, 3.05) is 13.1 Å². The summed E-state index contributed by atoms with van der Waals surface area (Å²) in [6, 6.07) is 12.0. The van der Waals surface area contributed by atoms with Gasteiger partial charge in [0.1, 0.15) is 6.04 Å². The van der Waals surface area contributed by atoms with E-state index in [-0.39, 0.29) is 62.5 Å². The minimum absolute atomic E-state index is 0.0191. The number of primary amides is 1. The summed E-state index contributed by atoms with van der Waals surface area (Å²) in [5.41, 5.74) is 21.7. The summed E-state index contributed by atoms with van der Waals surface area (Å²) in [6.07, 6.45) is 8.62. The Morgan fingerprint density at radius 1 is 0.847 bits per heavy atom. The number of carbonyl (C=O) groups excluding carboxylic acids is 6. The normalized spacial score (nSPS) is 16.8. The molecule has 59 heavy (non-hydrogen) atoms. The van der Waals surface area contributed by atoms with Crippen LogP contribution >= 0.6 is 0 Å². The van der Waals surface area contributed by atoms with E-state index in [1.165, 1.54) is 11.2 Å². The number of H-pyrrole nitrogens is 3. The Hall–Kier alpha value is -6.13. The van der Waals surface area contributed by atoms with Gasteiger partial charge in [-0.15, -0.1) is 0 Å². The number of para-hydroxylation sites is 2. The fourth-order valence-electron chi connectivity index (χ4n) is 8.00. The van der Waals surface area contributed by atoms with Gasteiger partial charge in [0.2, 0.25) is 23.6 Å². The summed E-state index contributed by atoms with van der Waals surface area (Å²) in [5, 5.41) is 7.63. The molecule has 4 amide bonds. The molecule has 16 heteroatoms. The Balaban J connectivity index is 1.16. The standard InChI is InChI=1S/C43H54N10O6/c1-25(51-42(58)27(15-29-21-49-36-11-5-3-9-33(29)36)17-39(55)34(45)18-30-22-47-24-50-30)38(54)16-26(14-28-20-48-35-10-4-2-8-32(28)35)43(59)52-31-19-40(56)53(23-31)37(41(46)57)12-6-7-13-44/h2-5,8-11,20-22,24-27,31,34,37,48-49H,6-7,12-19,23,44-45H2,1H3,(H2,46,57)(H,47,50)(H,51,58)(H,52,59)/t25-,26+,27-,31-,34-,37-/m0/s1. The fourth-order valence-corrected chi connectivity index (χ4v) is 8.00. The van der Waals surface area contributed by atoms with E-state index >= 15 is 0 Å². The molecule has 11 N–H and O–H groups in total. The number of nitrogens with two attached hydrogens (primary N) is 3. The number of ketones is 2. The lowest BCUT2D eigenvalue weighted by molar-refractivity contribution is -0.136. The number of amides is 4. The molecule has 2 aromatic carbocycles. The second kappa shape index (κ2) is 19.5. The Kier molecular flexibility index (Phi) is 14.1. The molecule has 312 valence electrons. The third-order valence-electron chi connectivity index (χ3n) is 11.3. The average Bonchev–Trinajstić information content (AvgIpc) is 4.04. The number of rotatable bonds is 22. The van der Waals surface area contributed by atoms with Gasteiger partial charge in [-0.05, 0) is 68.8 Å². The number of fused-ring (bicyclic) bond motifs is 2. The van der Waals surface area contributed by atoms with Crippen LogP contribution in [0.1, 0.15) is 62.3 Å². The fraction of sp³-hybridized carbons (Fsp3) is 0.419. The zero-order chi connectivity index (χ0) is 42.1. The number of hydrogen-bond acceptors (Lipinski definition) is 9. The number of imidazole rings is 1. The molecule has 0 aliphatic carbocycles. The Labute approximate surface area is 341 Å². The van der Waals surface area contributed by atoms with E-state index in [0.29, 0.717) is 31.5 Å². The third kappa shape index (κ3) is 10.7. The number of Topliss-reactive ketones (excluding diaryl/α,β-unsaturated/α-hetero) is 2. The summed E-state index contributed by atoms with van der Waals surface area (Å²) in [6.45, 7) is 2.12. The quantitative estimate of drug-likeness (QED) is 0.0475. The van der Waals surface area contributed by atoms with Gasteiger partial charge in [-0.1, -0.05) is 36.4 Å². The second-order valence-corrected chi connectivity index (χ2v) is 15.6. The van der Waals surface area contributed by atoms with Crippen molar-refractivity contribution in [1.82, 2.24) is 35.5 Å². The van der Waals surface area contributed by atoms with Gasteiger partial charge in [0, 0.05) is 90.2 Å². The van der Waals surface area contributed by atoms with Gasteiger partial charge in [-0.3, -0.25) is 28.8 Å². The topological polar surface area (TPSA) is 268 Å². The van der Waals surface area contributed by atoms with Crippen molar-refractivity contribution in [2.45, 2.75) is 88.9 Å². The number of hydrogen-bond donors (Lipinski definition) is 8. The van der Waals surface area contributed by atoms with E-state index in [1.807, 2.05) is 60.9 Å². The molecule has 4 heterocycles.